The molecular weight excluding hydrogens is 295 g/mol. The van der Waals surface area contributed by atoms with Gasteiger partial charge in [0.15, 0.2) is 5.82 Å². The van der Waals surface area contributed by atoms with Gasteiger partial charge in [-0.05, 0) is 44.0 Å². The molecule has 23 heavy (non-hydrogen) atoms. The van der Waals surface area contributed by atoms with E-state index in [1.54, 1.807) is 0 Å². The molecule has 1 aromatic heterocycles. The summed E-state index contributed by atoms with van der Waals surface area (Å²) < 4.78 is 18.5. The van der Waals surface area contributed by atoms with Gasteiger partial charge in [-0.1, -0.05) is 5.16 Å². The van der Waals surface area contributed by atoms with Crippen molar-refractivity contribution in [3.63, 3.8) is 0 Å². The summed E-state index contributed by atoms with van der Waals surface area (Å²) in [6.45, 7) is 5.82. The zero-order valence-electron chi connectivity index (χ0n) is 13.3. The fourth-order valence-electron chi connectivity index (χ4n) is 3.10. The van der Waals surface area contributed by atoms with Gasteiger partial charge in [0, 0.05) is 37.8 Å². The van der Waals surface area contributed by atoms with Gasteiger partial charge >= 0.3 is 0 Å². The van der Waals surface area contributed by atoms with Crippen LogP contribution in [0.2, 0.25) is 0 Å². The van der Waals surface area contributed by atoms with Crippen molar-refractivity contribution >= 4 is 5.69 Å². The van der Waals surface area contributed by atoms with Crippen LogP contribution in [0.25, 0.3) is 0 Å². The molecule has 1 saturated heterocycles. The van der Waals surface area contributed by atoms with E-state index in [1.165, 1.54) is 25.0 Å². The molecule has 1 atom stereocenters. The molecule has 5 nitrogen and oxygen atoms in total. The van der Waals surface area contributed by atoms with E-state index in [1.807, 2.05) is 12.1 Å². The topological polar surface area (TPSA) is 45.4 Å². The van der Waals surface area contributed by atoms with Gasteiger partial charge in [-0.15, -0.1) is 0 Å². The number of anilines is 1. The normalized spacial score (nSPS) is 20.7. The number of halogens is 1. The van der Waals surface area contributed by atoms with Crippen LogP contribution >= 0.6 is 0 Å². The van der Waals surface area contributed by atoms with Gasteiger partial charge in [-0.3, -0.25) is 4.90 Å². The maximum absolute atomic E-state index is 13.0. The predicted octanol–water partition coefficient (Wildman–Crippen LogP) is 2.97. The van der Waals surface area contributed by atoms with E-state index in [4.69, 9.17) is 4.52 Å². The molecule has 2 heterocycles. The smallest absolute Gasteiger partial charge is 0.243 e. The summed E-state index contributed by atoms with van der Waals surface area (Å²) in [5.41, 5.74) is 1.08. The third-order valence-corrected chi connectivity index (χ3v) is 4.81. The molecule has 122 valence electrons. The molecule has 1 aromatic carbocycles. The van der Waals surface area contributed by atoms with E-state index in [9.17, 15) is 4.39 Å². The molecule has 0 unspecified atom stereocenters. The first-order chi connectivity index (χ1) is 11.2. The van der Waals surface area contributed by atoms with E-state index in [2.05, 4.69) is 26.9 Å². The zero-order valence-corrected chi connectivity index (χ0v) is 13.3. The quantitative estimate of drug-likeness (QED) is 0.868. The molecule has 1 saturated carbocycles. The second-order valence-corrected chi connectivity index (χ2v) is 6.44. The van der Waals surface area contributed by atoms with Crippen molar-refractivity contribution in [3.05, 3.63) is 41.8 Å². The Bertz CT molecular complexity index is 659. The molecule has 6 heteroatoms. The highest BCUT2D eigenvalue weighted by Gasteiger charge is 2.31. The Balaban J connectivity index is 1.37. The van der Waals surface area contributed by atoms with Crippen molar-refractivity contribution in [1.82, 2.24) is 15.0 Å². The van der Waals surface area contributed by atoms with Crippen LogP contribution in [0, 0.1) is 5.82 Å². The lowest BCUT2D eigenvalue weighted by atomic mass is 10.2. The van der Waals surface area contributed by atoms with Gasteiger partial charge in [-0.25, -0.2) is 4.39 Å². The number of aromatic nitrogens is 2. The van der Waals surface area contributed by atoms with Crippen LogP contribution in [0.3, 0.4) is 0 Å². The van der Waals surface area contributed by atoms with Crippen LogP contribution in [0.1, 0.15) is 43.4 Å². The van der Waals surface area contributed by atoms with Crippen molar-refractivity contribution in [3.8, 4) is 0 Å². The van der Waals surface area contributed by atoms with Gasteiger partial charge in [-0.2, -0.15) is 4.98 Å². The van der Waals surface area contributed by atoms with Crippen LogP contribution < -0.4 is 4.90 Å². The lowest BCUT2D eigenvalue weighted by Gasteiger charge is -2.38. The third-order valence-electron chi connectivity index (χ3n) is 4.81. The first kappa shape index (κ1) is 14.6. The maximum atomic E-state index is 13.0. The molecule has 0 amide bonds. The van der Waals surface area contributed by atoms with Crippen LogP contribution in [0.4, 0.5) is 10.1 Å². The molecule has 0 radical (unpaired) electrons. The molecule has 4 rings (SSSR count). The Morgan fingerprint density at radius 2 is 1.83 bits per heavy atom. The number of hydrogen-bond donors (Lipinski definition) is 0. The van der Waals surface area contributed by atoms with E-state index < -0.39 is 0 Å². The number of hydrogen-bond acceptors (Lipinski definition) is 5. The molecule has 0 spiro atoms. The number of nitrogens with zero attached hydrogens (tertiary/aromatic N) is 4. The molecular formula is C17H21FN4O. The lowest BCUT2D eigenvalue weighted by molar-refractivity contribution is 0.164. The number of piperazine rings is 1. The Kier molecular flexibility index (Phi) is 3.77. The molecule has 2 aliphatic rings. The van der Waals surface area contributed by atoms with Crippen molar-refractivity contribution in [2.24, 2.45) is 0 Å². The first-order valence-corrected chi connectivity index (χ1v) is 8.29. The summed E-state index contributed by atoms with van der Waals surface area (Å²) in [4.78, 5) is 9.21. The SMILES string of the molecule is C[C@H](c1nc(C2CC2)no1)N1CCN(c2ccc(F)cc2)CC1. The highest BCUT2D eigenvalue weighted by Crippen LogP contribution is 2.38. The fraction of sp³-hybridized carbons (Fsp3) is 0.529. The second-order valence-electron chi connectivity index (χ2n) is 6.44. The summed E-state index contributed by atoms with van der Waals surface area (Å²) in [6, 6.07) is 6.86. The highest BCUT2D eigenvalue weighted by atomic mass is 19.1. The van der Waals surface area contributed by atoms with Gasteiger partial charge in [0.1, 0.15) is 5.82 Å². The minimum atomic E-state index is -0.191. The largest absolute Gasteiger partial charge is 0.369 e. The average Bonchev–Trinajstić information content (AvgIpc) is 3.32. The minimum absolute atomic E-state index is 0.144. The second kappa shape index (κ2) is 5.92. The van der Waals surface area contributed by atoms with Crippen molar-refractivity contribution in [2.75, 3.05) is 31.1 Å². The van der Waals surface area contributed by atoms with Gasteiger partial charge in [0.2, 0.25) is 5.89 Å². The summed E-state index contributed by atoms with van der Waals surface area (Å²) in [5, 5.41) is 4.11. The first-order valence-electron chi connectivity index (χ1n) is 8.29. The maximum Gasteiger partial charge on any atom is 0.243 e. The van der Waals surface area contributed by atoms with Gasteiger partial charge in [0.25, 0.3) is 0 Å². The average molecular weight is 316 g/mol. The van der Waals surface area contributed by atoms with Crippen LogP contribution in [-0.2, 0) is 0 Å². The number of benzene rings is 1. The van der Waals surface area contributed by atoms with Gasteiger partial charge < -0.3 is 9.42 Å². The monoisotopic (exact) mass is 316 g/mol. The minimum Gasteiger partial charge on any atom is -0.369 e. The third kappa shape index (κ3) is 3.08. The molecule has 2 aromatic rings. The van der Waals surface area contributed by atoms with Crippen molar-refractivity contribution < 1.29 is 8.91 Å². The summed E-state index contributed by atoms with van der Waals surface area (Å²) in [5.74, 6) is 1.93. The van der Waals surface area contributed by atoms with Crippen LogP contribution in [-0.4, -0.2) is 41.2 Å². The van der Waals surface area contributed by atoms with Gasteiger partial charge in [0.05, 0.1) is 6.04 Å². The van der Waals surface area contributed by atoms with E-state index in [0.29, 0.717) is 5.92 Å². The Morgan fingerprint density at radius 3 is 2.48 bits per heavy atom. The molecule has 0 N–H and O–H groups in total. The standard InChI is InChI=1S/C17H21FN4O/c1-12(17-19-16(20-23-17)13-2-3-13)21-8-10-22(11-9-21)15-6-4-14(18)5-7-15/h4-7,12-13H,2-3,8-11H2,1H3/t12-/m1/s1. The molecule has 1 aliphatic carbocycles. The van der Waals surface area contributed by atoms with Crippen LogP contribution in [0.5, 0.6) is 0 Å². The Hall–Kier alpha value is -1.95. The lowest BCUT2D eigenvalue weighted by Crippen LogP contribution is -2.47. The highest BCUT2D eigenvalue weighted by molar-refractivity contribution is 5.46. The number of rotatable bonds is 4. The zero-order chi connectivity index (χ0) is 15.8. The fourth-order valence-corrected chi connectivity index (χ4v) is 3.10. The summed E-state index contributed by atoms with van der Waals surface area (Å²) in [6.07, 6.45) is 2.37. The molecule has 1 aliphatic heterocycles. The predicted molar refractivity (Wildman–Crippen MR) is 84.9 cm³/mol. The van der Waals surface area contributed by atoms with E-state index in [0.717, 1.165) is 43.6 Å². The van der Waals surface area contributed by atoms with Crippen LogP contribution in [0.15, 0.2) is 28.8 Å². The summed E-state index contributed by atoms with van der Waals surface area (Å²) in [7, 11) is 0. The van der Waals surface area contributed by atoms with Crippen molar-refractivity contribution in [2.45, 2.75) is 31.7 Å². The Morgan fingerprint density at radius 1 is 1.13 bits per heavy atom. The summed E-state index contributed by atoms with van der Waals surface area (Å²) >= 11 is 0. The molecule has 0 bridgehead atoms. The Labute approximate surface area is 135 Å². The molecule has 2 fully saturated rings. The van der Waals surface area contributed by atoms with Crippen molar-refractivity contribution in [1.29, 1.82) is 0 Å². The van der Waals surface area contributed by atoms with E-state index >= 15 is 0 Å². The van der Waals surface area contributed by atoms with E-state index in [-0.39, 0.29) is 11.9 Å².